The molecule has 0 bridgehead atoms. The second-order valence-electron chi connectivity index (χ2n) is 5.06. The van der Waals surface area contributed by atoms with Crippen molar-refractivity contribution in [3.8, 4) is 10.8 Å². The molecule has 0 spiro atoms. The molecule has 112 valence electrons. The Balaban J connectivity index is 1.54. The maximum atomic E-state index is 11.7. The molecule has 8 heteroatoms. The summed E-state index contributed by atoms with van der Waals surface area (Å²) in [7, 11) is 0. The van der Waals surface area contributed by atoms with Gasteiger partial charge in [-0.1, -0.05) is 11.8 Å². The van der Waals surface area contributed by atoms with Crippen LogP contribution in [0.3, 0.4) is 0 Å². The van der Waals surface area contributed by atoms with Crippen LogP contribution in [0.2, 0.25) is 0 Å². The van der Waals surface area contributed by atoms with Crippen LogP contribution in [-0.2, 0) is 4.79 Å². The number of carbonyl (C=O) groups is 1. The van der Waals surface area contributed by atoms with Crippen molar-refractivity contribution in [2.45, 2.75) is 31.9 Å². The van der Waals surface area contributed by atoms with Gasteiger partial charge in [-0.2, -0.15) is 0 Å². The van der Waals surface area contributed by atoms with Crippen molar-refractivity contribution in [2.75, 3.05) is 12.3 Å². The lowest BCUT2D eigenvalue weighted by Gasteiger charge is -2.01. The molecular formula is C13H16N4O2S2. The number of aryl methyl sites for hydroxylation is 2. The number of hydrogen-bond acceptors (Lipinski definition) is 7. The Morgan fingerprint density at radius 1 is 1.43 bits per heavy atom. The molecule has 1 amide bonds. The van der Waals surface area contributed by atoms with E-state index in [1.165, 1.54) is 35.9 Å². The van der Waals surface area contributed by atoms with Crippen molar-refractivity contribution >= 4 is 29.0 Å². The molecule has 1 aliphatic carbocycles. The summed E-state index contributed by atoms with van der Waals surface area (Å²) in [6, 6.07) is 0. The predicted octanol–water partition coefficient (Wildman–Crippen LogP) is 2.43. The summed E-state index contributed by atoms with van der Waals surface area (Å²) in [4.78, 5) is 16.9. The van der Waals surface area contributed by atoms with Gasteiger partial charge in [0, 0.05) is 6.54 Å². The minimum Gasteiger partial charge on any atom is -0.410 e. The molecule has 3 rings (SSSR count). The summed E-state index contributed by atoms with van der Waals surface area (Å²) in [5.41, 5.74) is 0.889. The number of thioether (sulfide) groups is 1. The van der Waals surface area contributed by atoms with Crippen LogP contribution < -0.4 is 5.32 Å². The molecule has 21 heavy (non-hydrogen) atoms. The average Bonchev–Trinajstić information content (AvgIpc) is 3.06. The summed E-state index contributed by atoms with van der Waals surface area (Å²) in [6.07, 6.45) is 2.46. The SMILES string of the molecule is Cc1nc(C)c(-c2nnc(SCC(=O)NCC3CC3)o2)s1. The molecular weight excluding hydrogens is 308 g/mol. The van der Waals surface area contributed by atoms with Gasteiger partial charge in [0.2, 0.25) is 5.91 Å². The maximum Gasteiger partial charge on any atom is 0.277 e. The van der Waals surface area contributed by atoms with Gasteiger partial charge < -0.3 is 9.73 Å². The smallest absolute Gasteiger partial charge is 0.277 e. The minimum absolute atomic E-state index is 0.0106. The molecule has 0 atom stereocenters. The van der Waals surface area contributed by atoms with E-state index < -0.39 is 0 Å². The van der Waals surface area contributed by atoms with Gasteiger partial charge in [0.1, 0.15) is 4.88 Å². The first-order valence-corrected chi connectivity index (χ1v) is 8.59. The van der Waals surface area contributed by atoms with Gasteiger partial charge in [-0.15, -0.1) is 21.5 Å². The van der Waals surface area contributed by atoms with Gasteiger partial charge in [-0.3, -0.25) is 4.79 Å². The second-order valence-corrected chi connectivity index (χ2v) is 7.19. The van der Waals surface area contributed by atoms with E-state index in [0.717, 1.165) is 22.1 Å². The molecule has 1 saturated carbocycles. The molecule has 2 heterocycles. The quantitative estimate of drug-likeness (QED) is 0.822. The number of carbonyl (C=O) groups excluding carboxylic acids is 1. The summed E-state index contributed by atoms with van der Waals surface area (Å²) >= 11 is 2.79. The van der Waals surface area contributed by atoms with E-state index in [1.54, 1.807) is 0 Å². The first kappa shape index (κ1) is 14.5. The molecule has 0 radical (unpaired) electrons. The summed E-state index contributed by atoms with van der Waals surface area (Å²) in [5, 5.41) is 12.3. The highest BCUT2D eigenvalue weighted by molar-refractivity contribution is 7.99. The van der Waals surface area contributed by atoms with E-state index in [0.29, 0.717) is 22.8 Å². The lowest BCUT2D eigenvalue weighted by molar-refractivity contribution is -0.118. The molecule has 1 N–H and O–H groups in total. The Kier molecular flexibility index (Phi) is 4.25. The highest BCUT2D eigenvalue weighted by Gasteiger charge is 2.22. The topological polar surface area (TPSA) is 80.9 Å². The van der Waals surface area contributed by atoms with Crippen molar-refractivity contribution in [1.29, 1.82) is 0 Å². The van der Waals surface area contributed by atoms with Crippen LogP contribution in [0.1, 0.15) is 23.5 Å². The summed E-state index contributed by atoms with van der Waals surface area (Å²) in [6.45, 7) is 4.65. The lowest BCUT2D eigenvalue weighted by Crippen LogP contribution is -2.27. The van der Waals surface area contributed by atoms with Crippen LogP contribution >= 0.6 is 23.1 Å². The van der Waals surface area contributed by atoms with Crippen molar-refractivity contribution in [3.05, 3.63) is 10.7 Å². The minimum atomic E-state index is 0.0106. The molecule has 0 unspecified atom stereocenters. The molecule has 0 saturated heterocycles. The Morgan fingerprint density at radius 2 is 2.24 bits per heavy atom. The number of hydrogen-bond donors (Lipinski definition) is 1. The third-order valence-electron chi connectivity index (χ3n) is 3.12. The van der Waals surface area contributed by atoms with E-state index in [9.17, 15) is 4.79 Å². The van der Waals surface area contributed by atoms with E-state index in [-0.39, 0.29) is 5.91 Å². The Hall–Kier alpha value is -1.41. The lowest BCUT2D eigenvalue weighted by atomic mass is 10.4. The van der Waals surface area contributed by atoms with Crippen molar-refractivity contribution < 1.29 is 9.21 Å². The number of thiazole rings is 1. The number of nitrogens with zero attached hydrogens (tertiary/aromatic N) is 3. The third kappa shape index (κ3) is 3.82. The van der Waals surface area contributed by atoms with Gasteiger partial charge in [0.05, 0.1) is 16.5 Å². The Bertz CT molecular complexity index is 648. The third-order valence-corrected chi connectivity index (χ3v) is 5.00. The largest absolute Gasteiger partial charge is 0.410 e. The zero-order valence-electron chi connectivity index (χ0n) is 11.9. The van der Waals surface area contributed by atoms with Gasteiger partial charge in [-0.25, -0.2) is 4.98 Å². The number of nitrogens with one attached hydrogen (secondary N) is 1. The van der Waals surface area contributed by atoms with Crippen LogP contribution in [0.25, 0.3) is 10.8 Å². The van der Waals surface area contributed by atoms with E-state index >= 15 is 0 Å². The molecule has 1 aliphatic rings. The monoisotopic (exact) mass is 324 g/mol. The van der Waals surface area contributed by atoms with Gasteiger partial charge in [-0.05, 0) is 32.6 Å². The van der Waals surface area contributed by atoms with Gasteiger partial charge in [0.25, 0.3) is 11.1 Å². The molecule has 0 aromatic carbocycles. The van der Waals surface area contributed by atoms with E-state index in [1.807, 2.05) is 13.8 Å². The number of aromatic nitrogens is 3. The van der Waals surface area contributed by atoms with Crippen molar-refractivity contribution in [2.24, 2.45) is 5.92 Å². The maximum absolute atomic E-state index is 11.7. The van der Waals surface area contributed by atoms with Crippen LogP contribution in [0, 0.1) is 19.8 Å². The fourth-order valence-electron chi connectivity index (χ4n) is 1.85. The van der Waals surface area contributed by atoms with Crippen molar-refractivity contribution in [1.82, 2.24) is 20.5 Å². The van der Waals surface area contributed by atoms with E-state index in [4.69, 9.17) is 4.42 Å². The molecule has 2 aromatic heterocycles. The second kappa shape index (κ2) is 6.15. The highest BCUT2D eigenvalue weighted by atomic mass is 32.2. The fraction of sp³-hybridized carbons (Fsp3) is 0.538. The van der Waals surface area contributed by atoms with Crippen LogP contribution in [0.5, 0.6) is 0 Å². The Morgan fingerprint density at radius 3 is 2.90 bits per heavy atom. The van der Waals surface area contributed by atoms with E-state index in [2.05, 4.69) is 20.5 Å². The van der Waals surface area contributed by atoms with Gasteiger partial charge >= 0.3 is 0 Å². The average molecular weight is 324 g/mol. The fourth-order valence-corrected chi connectivity index (χ4v) is 3.28. The predicted molar refractivity (Wildman–Crippen MR) is 81.3 cm³/mol. The summed E-state index contributed by atoms with van der Waals surface area (Å²) < 4.78 is 5.58. The summed E-state index contributed by atoms with van der Waals surface area (Å²) in [5.74, 6) is 1.47. The Labute approximate surface area is 130 Å². The normalized spacial score (nSPS) is 14.4. The first-order valence-electron chi connectivity index (χ1n) is 6.79. The van der Waals surface area contributed by atoms with Crippen LogP contribution in [0.15, 0.2) is 9.64 Å². The molecule has 1 fully saturated rings. The standard InChI is InChI=1S/C13H16N4O2S2/c1-7-11(21-8(2)15-7)12-16-17-13(19-12)20-6-10(18)14-5-9-3-4-9/h9H,3-6H2,1-2H3,(H,14,18). The zero-order valence-corrected chi connectivity index (χ0v) is 13.5. The van der Waals surface area contributed by atoms with Crippen molar-refractivity contribution in [3.63, 3.8) is 0 Å². The van der Waals surface area contributed by atoms with Crippen LogP contribution in [-0.4, -0.2) is 33.4 Å². The molecule has 2 aromatic rings. The van der Waals surface area contributed by atoms with Crippen LogP contribution in [0.4, 0.5) is 0 Å². The zero-order chi connectivity index (χ0) is 14.8. The highest BCUT2D eigenvalue weighted by Crippen LogP contribution is 2.30. The van der Waals surface area contributed by atoms with Gasteiger partial charge in [0.15, 0.2) is 0 Å². The molecule has 6 nitrogen and oxygen atoms in total. The number of amides is 1. The number of rotatable bonds is 6. The molecule has 0 aliphatic heterocycles. The first-order chi connectivity index (χ1) is 10.1.